The highest BCUT2D eigenvalue weighted by molar-refractivity contribution is 6.62. The van der Waals surface area contributed by atoms with Crippen molar-refractivity contribution in [2.75, 3.05) is 13.7 Å². The molecule has 1 saturated heterocycles. The van der Waals surface area contributed by atoms with Crippen LogP contribution in [0.5, 0.6) is 0 Å². The summed E-state index contributed by atoms with van der Waals surface area (Å²) < 4.78 is 25.8. The van der Waals surface area contributed by atoms with Gasteiger partial charge in [0.2, 0.25) is 0 Å². The fourth-order valence-corrected chi connectivity index (χ4v) is 3.90. The van der Waals surface area contributed by atoms with Crippen LogP contribution in [0.2, 0.25) is 0 Å². The Labute approximate surface area is 193 Å². The molecule has 6 nitrogen and oxygen atoms in total. The maximum absolute atomic E-state index is 6.31. The second kappa shape index (κ2) is 10.5. The summed E-state index contributed by atoms with van der Waals surface area (Å²) in [7, 11) is 1.31. The molecule has 0 radical (unpaired) electrons. The number of hydrogen-bond donors (Lipinski definition) is 0. The van der Waals surface area contributed by atoms with Crippen LogP contribution in [0.1, 0.15) is 76.9 Å². The number of rotatable bonds is 11. The Bertz CT molecular complexity index is 878. The summed E-state index contributed by atoms with van der Waals surface area (Å²) in [5.74, 6) is 0. The molecule has 2 heterocycles. The number of hydrogen-bond acceptors (Lipinski definition) is 5. The Kier molecular flexibility index (Phi) is 8.20. The predicted octanol–water partition coefficient (Wildman–Crippen LogP) is 4.26. The number of methoxy groups -OCH3 is 1. The van der Waals surface area contributed by atoms with Crippen molar-refractivity contribution in [2.24, 2.45) is 0 Å². The fraction of sp³-hybridized carbons (Fsp3) is 0.640. The Hall–Kier alpha value is -1.67. The minimum atomic E-state index is -0.400. The second-order valence-corrected chi connectivity index (χ2v) is 9.58. The lowest BCUT2D eigenvalue weighted by atomic mass is 9.75. The molecule has 1 aromatic carbocycles. The van der Waals surface area contributed by atoms with Gasteiger partial charge in [-0.25, -0.2) is 0 Å². The van der Waals surface area contributed by atoms with Crippen LogP contribution >= 0.6 is 0 Å². The van der Waals surface area contributed by atoms with E-state index in [0.717, 1.165) is 36.0 Å². The van der Waals surface area contributed by atoms with E-state index in [1.165, 1.54) is 11.3 Å². The highest BCUT2D eigenvalue weighted by atomic mass is 16.7. The Morgan fingerprint density at radius 3 is 2.38 bits per heavy atom. The lowest BCUT2D eigenvalue weighted by molar-refractivity contribution is 0.00578. The van der Waals surface area contributed by atoms with Crippen molar-refractivity contribution in [3.05, 3.63) is 46.8 Å². The van der Waals surface area contributed by atoms with Gasteiger partial charge >= 0.3 is 7.12 Å². The quantitative estimate of drug-likeness (QED) is 0.487. The molecule has 7 heteroatoms. The van der Waals surface area contributed by atoms with E-state index in [4.69, 9.17) is 23.9 Å². The molecule has 1 aromatic heterocycles. The van der Waals surface area contributed by atoms with Gasteiger partial charge in [-0.05, 0) is 70.1 Å². The number of ether oxygens (including phenoxy) is 2. The van der Waals surface area contributed by atoms with E-state index < -0.39 is 7.12 Å². The Morgan fingerprint density at radius 1 is 1.03 bits per heavy atom. The van der Waals surface area contributed by atoms with Crippen molar-refractivity contribution in [1.29, 1.82) is 0 Å². The van der Waals surface area contributed by atoms with Gasteiger partial charge in [0.05, 0.1) is 36.7 Å². The van der Waals surface area contributed by atoms with Crippen LogP contribution in [-0.4, -0.2) is 41.8 Å². The third kappa shape index (κ3) is 5.63. The van der Waals surface area contributed by atoms with E-state index in [0.29, 0.717) is 26.4 Å². The molecule has 0 N–H and O–H groups in total. The largest absolute Gasteiger partial charge is 0.495 e. The molecule has 1 aliphatic heterocycles. The summed E-state index contributed by atoms with van der Waals surface area (Å²) in [5.41, 5.74) is 4.79. The third-order valence-electron chi connectivity index (χ3n) is 6.50. The molecule has 0 amide bonds. The van der Waals surface area contributed by atoms with Crippen molar-refractivity contribution in [2.45, 2.75) is 91.8 Å². The predicted molar refractivity (Wildman–Crippen MR) is 128 cm³/mol. The highest BCUT2D eigenvalue weighted by Crippen LogP contribution is 2.36. The van der Waals surface area contributed by atoms with Gasteiger partial charge in [0.15, 0.2) is 0 Å². The van der Waals surface area contributed by atoms with Crippen LogP contribution in [0.15, 0.2) is 24.3 Å². The second-order valence-electron chi connectivity index (χ2n) is 9.58. The van der Waals surface area contributed by atoms with Gasteiger partial charge in [-0.15, -0.1) is 0 Å². The first kappa shape index (κ1) is 25.0. The maximum Gasteiger partial charge on any atom is 0.495 e. The molecular formula is C25H39BN2O4. The van der Waals surface area contributed by atoms with Gasteiger partial charge in [-0.3, -0.25) is 4.68 Å². The first-order chi connectivity index (χ1) is 15.2. The average Bonchev–Trinajstić information content (AvgIpc) is 3.20. The number of nitrogens with zero attached hydrogens (tertiary/aromatic N) is 2. The number of aromatic nitrogens is 2. The molecule has 0 unspecified atom stereocenters. The van der Waals surface area contributed by atoms with Crippen LogP contribution < -0.4 is 5.46 Å². The molecule has 1 fully saturated rings. The van der Waals surface area contributed by atoms with Crippen molar-refractivity contribution < 1.29 is 18.8 Å². The fourth-order valence-electron chi connectivity index (χ4n) is 3.90. The molecule has 1 aliphatic rings. The Morgan fingerprint density at radius 2 is 1.75 bits per heavy atom. The molecule has 0 atom stereocenters. The molecule has 32 heavy (non-hydrogen) atoms. The smallest absolute Gasteiger partial charge is 0.399 e. The van der Waals surface area contributed by atoms with Crippen LogP contribution in [0.4, 0.5) is 0 Å². The van der Waals surface area contributed by atoms with Crippen LogP contribution in [0.25, 0.3) is 0 Å². The van der Waals surface area contributed by atoms with Gasteiger partial charge in [-0.1, -0.05) is 31.5 Å². The number of unbranched alkanes of at least 4 members (excludes halogenated alkanes) is 1. The normalized spacial score (nSPS) is 17.3. The minimum absolute atomic E-state index is 0.375. The highest BCUT2D eigenvalue weighted by Gasteiger charge is 2.52. The van der Waals surface area contributed by atoms with E-state index in [1.807, 2.05) is 6.92 Å². The standard InChI is InChI=1S/C25H39BN2O4/c1-8-10-11-22-15-21(18-29-7)27-28(22)16-19-12-13-23(20(14-19)17-30-9-2)26-31-24(3,4)25(5,6)32-26/h12-15H,8-11,16-18H2,1-7H3. The molecule has 176 valence electrons. The zero-order valence-electron chi connectivity index (χ0n) is 20.9. The van der Waals surface area contributed by atoms with Gasteiger partial charge in [0.1, 0.15) is 0 Å². The van der Waals surface area contributed by atoms with E-state index in [-0.39, 0.29) is 11.2 Å². The Balaban J connectivity index is 1.88. The summed E-state index contributed by atoms with van der Waals surface area (Å²) in [6.07, 6.45) is 3.33. The van der Waals surface area contributed by atoms with Gasteiger partial charge in [0.25, 0.3) is 0 Å². The molecule has 2 aromatic rings. The molecule has 0 aliphatic carbocycles. The lowest BCUT2D eigenvalue weighted by Gasteiger charge is -2.32. The summed E-state index contributed by atoms with van der Waals surface area (Å²) in [4.78, 5) is 0. The van der Waals surface area contributed by atoms with E-state index >= 15 is 0 Å². The summed E-state index contributed by atoms with van der Waals surface area (Å²) >= 11 is 0. The van der Waals surface area contributed by atoms with Crippen LogP contribution in [-0.2, 0) is 45.0 Å². The summed E-state index contributed by atoms with van der Waals surface area (Å²) in [6.45, 7) is 15.0. The molecule has 0 spiro atoms. The lowest BCUT2D eigenvalue weighted by Crippen LogP contribution is -2.41. The van der Waals surface area contributed by atoms with E-state index in [1.54, 1.807) is 7.11 Å². The minimum Gasteiger partial charge on any atom is -0.399 e. The molecule has 0 bridgehead atoms. The van der Waals surface area contributed by atoms with Crippen LogP contribution in [0, 0.1) is 0 Å². The van der Waals surface area contributed by atoms with Gasteiger partial charge in [-0.2, -0.15) is 5.10 Å². The van der Waals surface area contributed by atoms with E-state index in [2.05, 4.69) is 63.6 Å². The van der Waals surface area contributed by atoms with Gasteiger partial charge < -0.3 is 18.8 Å². The monoisotopic (exact) mass is 442 g/mol. The number of benzene rings is 1. The average molecular weight is 442 g/mol. The number of aryl methyl sites for hydroxylation is 1. The third-order valence-corrected chi connectivity index (χ3v) is 6.50. The molecular weight excluding hydrogens is 403 g/mol. The van der Waals surface area contributed by atoms with E-state index in [9.17, 15) is 0 Å². The van der Waals surface area contributed by atoms with Crippen molar-refractivity contribution in [3.8, 4) is 0 Å². The SMILES string of the molecule is CCCCc1cc(COC)nn1Cc1ccc(B2OC(C)(C)C(C)(C)O2)c(COCC)c1. The van der Waals surface area contributed by atoms with Crippen molar-refractivity contribution in [1.82, 2.24) is 9.78 Å². The summed E-state index contributed by atoms with van der Waals surface area (Å²) in [6, 6.07) is 8.64. The molecule has 0 saturated carbocycles. The maximum atomic E-state index is 6.31. The topological polar surface area (TPSA) is 54.7 Å². The van der Waals surface area contributed by atoms with Crippen molar-refractivity contribution in [3.63, 3.8) is 0 Å². The zero-order chi connectivity index (χ0) is 23.4. The summed E-state index contributed by atoms with van der Waals surface area (Å²) in [5, 5.41) is 4.79. The first-order valence-electron chi connectivity index (χ1n) is 11.8. The first-order valence-corrected chi connectivity index (χ1v) is 11.8. The van der Waals surface area contributed by atoms with Gasteiger partial charge in [0, 0.05) is 19.4 Å². The zero-order valence-corrected chi connectivity index (χ0v) is 20.9. The van der Waals surface area contributed by atoms with Crippen molar-refractivity contribution >= 4 is 12.6 Å². The molecule has 3 rings (SSSR count). The van der Waals surface area contributed by atoms with Crippen LogP contribution in [0.3, 0.4) is 0 Å².